The lowest BCUT2D eigenvalue weighted by molar-refractivity contribution is -0.152. The third-order valence-electron chi connectivity index (χ3n) is 3.75. The van der Waals surface area contributed by atoms with Gasteiger partial charge in [0.25, 0.3) is 0 Å². The van der Waals surface area contributed by atoms with Crippen LogP contribution in [0.3, 0.4) is 0 Å². The summed E-state index contributed by atoms with van der Waals surface area (Å²) in [7, 11) is 0. The van der Waals surface area contributed by atoms with Gasteiger partial charge in [-0.05, 0) is 13.8 Å². The second kappa shape index (κ2) is 5.62. The van der Waals surface area contributed by atoms with E-state index < -0.39 is 11.5 Å². The fourth-order valence-corrected chi connectivity index (χ4v) is 2.42. The molecule has 1 aliphatic heterocycles. The zero-order valence-electron chi connectivity index (χ0n) is 11.7. The topological polar surface area (TPSA) is 104 Å². The molecule has 0 atom stereocenters. The third kappa shape index (κ3) is 2.82. The number of carbonyl (C=O) groups is 2. The van der Waals surface area contributed by atoms with E-state index in [0.717, 1.165) is 17.0 Å². The largest absolute Gasteiger partial charge is 0.480 e. The Morgan fingerprint density at radius 1 is 1.40 bits per heavy atom. The van der Waals surface area contributed by atoms with Gasteiger partial charge in [0, 0.05) is 37.3 Å². The molecule has 0 spiro atoms. The maximum Gasteiger partial charge on any atom is 0.329 e. The van der Waals surface area contributed by atoms with E-state index in [0.29, 0.717) is 13.2 Å². The number of carboxylic acid groups (broad SMARTS) is 1. The zero-order chi connectivity index (χ0) is 14.8. The molecular formula is C13H19N3O4. The molecule has 0 unspecified atom stereocenters. The number of carboxylic acids is 1. The standard InChI is InChI=1S/C13H19N3O4/c1-8-10(9(2)16-15-8)7-11(17)14-13(12(18)19)3-5-20-6-4-13/h3-7H2,1-2H3,(H,14,17)(H,15,16)(H,18,19). The first-order valence-corrected chi connectivity index (χ1v) is 6.57. The predicted molar refractivity (Wildman–Crippen MR) is 70.3 cm³/mol. The minimum atomic E-state index is -1.21. The van der Waals surface area contributed by atoms with Crippen LogP contribution in [0, 0.1) is 13.8 Å². The molecule has 1 aliphatic rings. The van der Waals surface area contributed by atoms with Crippen molar-refractivity contribution in [2.24, 2.45) is 0 Å². The van der Waals surface area contributed by atoms with Crippen LogP contribution in [0.4, 0.5) is 0 Å². The second-order valence-corrected chi connectivity index (χ2v) is 5.14. The molecule has 1 aromatic rings. The van der Waals surface area contributed by atoms with Gasteiger partial charge in [-0.3, -0.25) is 9.89 Å². The smallest absolute Gasteiger partial charge is 0.329 e. The fourth-order valence-electron chi connectivity index (χ4n) is 2.42. The van der Waals surface area contributed by atoms with Crippen molar-refractivity contribution in [2.75, 3.05) is 13.2 Å². The molecule has 1 aromatic heterocycles. The van der Waals surface area contributed by atoms with Gasteiger partial charge in [-0.2, -0.15) is 5.10 Å². The molecule has 1 amide bonds. The van der Waals surface area contributed by atoms with Gasteiger partial charge in [-0.25, -0.2) is 4.79 Å². The molecule has 2 rings (SSSR count). The Hall–Kier alpha value is -1.89. The van der Waals surface area contributed by atoms with Crippen molar-refractivity contribution >= 4 is 11.9 Å². The van der Waals surface area contributed by atoms with E-state index in [9.17, 15) is 14.7 Å². The Labute approximate surface area is 116 Å². The molecule has 7 heteroatoms. The zero-order valence-corrected chi connectivity index (χ0v) is 11.7. The number of carbonyl (C=O) groups excluding carboxylic acids is 1. The minimum absolute atomic E-state index is 0.129. The number of amides is 1. The highest BCUT2D eigenvalue weighted by molar-refractivity contribution is 5.88. The Kier molecular flexibility index (Phi) is 4.08. The Bertz CT molecular complexity index is 498. The molecule has 3 N–H and O–H groups in total. The lowest BCUT2D eigenvalue weighted by Crippen LogP contribution is -2.57. The van der Waals surface area contributed by atoms with Crippen molar-refractivity contribution in [2.45, 2.75) is 38.6 Å². The average Bonchev–Trinajstić information content (AvgIpc) is 2.71. The summed E-state index contributed by atoms with van der Waals surface area (Å²) in [5.41, 5.74) is 1.19. The number of aryl methyl sites for hydroxylation is 2. The first-order valence-electron chi connectivity index (χ1n) is 6.57. The monoisotopic (exact) mass is 281 g/mol. The summed E-state index contributed by atoms with van der Waals surface area (Å²) in [6.45, 7) is 4.34. The third-order valence-corrected chi connectivity index (χ3v) is 3.75. The van der Waals surface area contributed by atoms with Gasteiger partial charge in [0.2, 0.25) is 5.91 Å². The average molecular weight is 281 g/mol. The van der Waals surface area contributed by atoms with Crippen LogP contribution in [-0.4, -0.2) is 45.9 Å². The van der Waals surface area contributed by atoms with E-state index in [2.05, 4.69) is 15.5 Å². The van der Waals surface area contributed by atoms with Crippen molar-refractivity contribution < 1.29 is 19.4 Å². The molecule has 2 heterocycles. The van der Waals surface area contributed by atoms with Crippen LogP contribution in [0.15, 0.2) is 0 Å². The summed E-state index contributed by atoms with van der Waals surface area (Å²) in [5, 5.41) is 18.9. The lowest BCUT2D eigenvalue weighted by atomic mass is 9.89. The number of H-pyrrole nitrogens is 1. The maximum absolute atomic E-state index is 12.1. The molecular weight excluding hydrogens is 262 g/mol. The molecule has 20 heavy (non-hydrogen) atoms. The number of ether oxygens (including phenoxy) is 1. The van der Waals surface area contributed by atoms with Gasteiger partial charge in [0.1, 0.15) is 5.54 Å². The van der Waals surface area contributed by atoms with Crippen molar-refractivity contribution in [1.29, 1.82) is 0 Å². The molecule has 110 valence electrons. The molecule has 1 fully saturated rings. The number of rotatable bonds is 4. The molecule has 0 radical (unpaired) electrons. The van der Waals surface area contributed by atoms with E-state index in [1.165, 1.54) is 0 Å². The number of nitrogens with one attached hydrogen (secondary N) is 2. The predicted octanol–water partition coefficient (Wildman–Crippen LogP) is 0.319. The molecule has 1 saturated heterocycles. The van der Waals surface area contributed by atoms with Crippen LogP contribution in [0.1, 0.15) is 29.8 Å². The highest BCUT2D eigenvalue weighted by Crippen LogP contribution is 2.21. The number of aliphatic carboxylic acids is 1. The Morgan fingerprint density at radius 2 is 2.05 bits per heavy atom. The molecule has 0 aromatic carbocycles. The van der Waals surface area contributed by atoms with Crippen LogP contribution in [0.5, 0.6) is 0 Å². The minimum Gasteiger partial charge on any atom is -0.480 e. The summed E-state index contributed by atoms with van der Waals surface area (Å²) in [5.74, 6) is -1.31. The van der Waals surface area contributed by atoms with Gasteiger partial charge in [0.05, 0.1) is 12.1 Å². The number of hydrogen-bond donors (Lipinski definition) is 3. The lowest BCUT2D eigenvalue weighted by Gasteiger charge is -2.33. The van der Waals surface area contributed by atoms with Gasteiger partial charge >= 0.3 is 5.97 Å². The summed E-state index contributed by atoms with van der Waals surface area (Å²) in [6, 6.07) is 0. The number of hydrogen-bond acceptors (Lipinski definition) is 4. The summed E-state index contributed by atoms with van der Waals surface area (Å²) in [4.78, 5) is 23.6. The van der Waals surface area contributed by atoms with Gasteiger partial charge in [0.15, 0.2) is 0 Å². The Morgan fingerprint density at radius 3 is 2.55 bits per heavy atom. The molecule has 0 bridgehead atoms. The van der Waals surface area contributed by atoms with Crippen LogP contribution >= 0.6 is 0 Å². The van der Waals surface area contributed by atoms with Crippen molar-refractivity contribution in [3.8, 4) is 0 Å². The van der Waals surface area contributed by atoms with E-state index >= 15 is 0 Å². The molecule has 0 saturated carbocycles. The number of nitrogens with zero attached hydrogens (tertiary/aromatic N) is 1. The molecule has 0 aliphatic carbocycles. The van der Waals surface area contributed by atoms with Crippen molar-refractivity contribution in [1.82, 2.24) is 15.5 Å². The first kappa shape index (κ1) is 14.5. The van der Waals surface area contributed by atoms with Crippen molar-refractivity contribution in [3.05, 3.63) is 17.0 Å². The number of aromatic amines is 1. The van der Waals surface area contributed by atoms with Gasteiger partial charge in [-0.15, -0.1) is 0 Å². The van der Waals surface area contributed by atoms with Gasteiger partial charge < -0.3 is 15.2 Å². The van der Waals surface area contributed by atoms with Crippen LogP contribution in [0.2, 0.25) is 0 Å². The van der Waals surface area contributed by atoms with E-state index in [-0.39, 0.29) is 25.2 Å². The highest BCUT2D eigenvalue weighted by atomic mass is 16.5. The SMILES string of the molecule is Cc1n[nH]c(C)c1CC(=O)NC1(C(=O)O)CCOCC1. The summed E-state index contributed by atoms with van der Waals surface area (Å²) < 4.78 is 5.17. The van der Waals surface area contributed by atoms with Crippen LogP contribution < -0.4 is 5.32 Å². The van der Waals surface area contributed by atoms with Crippen LogP contribution in [0.25, 0.3) is 0 Å². The summed E-state index contributed by atoms with van der Waals surface area (Å²) in [6.07, 6.45) is 0.707. The fraction of sp³-hybridized carbons (Fsp3) is 0.615. The Balaban J connectivity index is 2.08. The van der Waals surface area contributed by atoms with Gasteiger partial charge in [-0.1, -0.05) is 0 Å². The maximum atomic E-state index is 12.1. The quantitative estimate of drug-likeness (QED) is 0.737. The van der Waals surface area contributed by atoms with E-state index in [1.54, 1.807) is 0 Å². The van der Waals surface area contributed by atoms with Crippen molar-refractivity contribution in [3.63, 3.8) is 0 Å². The van der Waals surface area contributed by atoms with Crippen LogP contribution in [-0.2, 0) is 20.7 Å². The summed E-state index contributed by atoms with van der Waals surface area (Å²) >= 11 is 0. The molecule has 7 nitrogen and oxygen atoms in total. The first-order chi connectivity index (χ1) is 9.44. The number of aromatic nitrogens is 2. The highest BCUT2D eigenvalue weighted by Gasteiger charge is 2.41. The normalized spacial score (nSPS) is 17.7. The van der Waals surface area contributed by atoms with E-state index in [1.807, 2.05) is 13.8 Å². The van der Waals surface area contributed by atoms with E-state index in [4.69, 9.17) is 4.74 Å². The second-order valence-electron chi connectivity index (χ2n) is 5.14.